The second-order valence-electron chi connectivity index (χ2n) is 10.3. The highest BCUT2D eigenvalue weighted by Crippen LogP contribution is 2.38. The fourth-order valence-electron chi connectivity index (χ4n) is 5.48. The number of benzene rings is 2. The molecule has 0 bridgehead atoms. The van der Waals surface area contributed by atoms with Crippen LogP contribution < -0.4 is 0 Å². The van der Waals surface area contributed by atoms with Crippen LogP contribution in [0.15, 0.2) is 59.5 Å². The van der Waals surface area contributed by atoms with E-state index in [4.69, 9.17) is 0 Å². The van der Waals surface area contributed by atoms with E-state index in [-0.39, 0.29) is 35.2 Å². The van der Waals surface area contributed by atoms with Gasteiger partial charge in [0, 0.05) is 44.1 Å². The SMILES string of the molecule is O=C(CN1CC(c2ccccc2)CC1=O)N1CCC(N(C2CC2)S(=O)(=O)c2cccc(C(F)(F)F)c2)CC1. The van der Waals surface area contributed by atoms with Gasteiger partial charge >= 0.3 is 6.18 Å². The molecule has 7 nitrogen and oxygen atoms in total. The molecule has 2 aromatic carbocycles. The van der Waals surface area contributed by atoms with E-state index in [0.29, 0.717) is 57.8 Å². The maximum Gasteiger partial charge on any atom is 0.416 e. The number of piperidine rings is 1. The van der Waals surface area contributed by atoms with Gasteiger partial charge in [-0.1, -0.05) is 36.4 Å². The van der Waals surface area contributed by atoms with Crippen LogP contribution in [0.25, 0.3) is 0 Å². The molecule has 204 valence electrons. The van der Waals surface area contributed by atoms with Gasteiger partial charge in [0.1, 0.15) is 0 Å². The van der Waals surface area contributed by atoms with Gasteiger partial charge in [0.15, 0.2) is 0 Å². The van der Waals surface area contributed by atoms with Crippen LogP contribution in [0, 0.1) is 0 Å². The van der Waals surface area contributed by atoms with Gasteiger partial charge in [-0.3, -0.25) is 9.59 Å². The second-order valence-corrected chi connectivity index (χ2v) is 12.1. The summed E-state index contributed by atoms with van der Waals surface area (Å²) in [7, 11) is -4.14. The lowest BCUT2D eigenvalue weighted by Crippen LogP contribution is -2.51. The third-order valence-corrected chi connectivity index (χ3v) is 9.63. The molecule has 38 heavy (non-hydrogen) atoms. The molecular weight excluding hydrogens is 519 g/mol. The molecule has 1 unspecified atom stereocenters. The third kappa shape index (κ3) is 5.58. The summed E-state index contributed by atoms with van der Waals surface area (Å²) in [5.41, 5.74) is 0.0689. The monoisotopic (exact) mass is 549 g/mol. The fourth-order valence-corrected chi connectivity index (χ4v) is 7.46. The molecule has 2 aromatic rings. The Kier molecular flexibility index (Phi) is 7.25. The Morgan fingerprint density at radius 1 is 0.947 bits per heavy atom. The molecule has 2 heterocycles. The molecule has 5 rings (SSSR count). The van der Waals surface area contributed by atoms with Crippen molar-refractivity contribution in [2.45, 2.75) is 61.2 Å². The maximum atomic E-state index is 13.5. The number of carbonyl (C=O) groups excluding carboxylic acids is 2. The van der Waals surface area contributed by atoms with Crippen molar-refractivity contribution in [1.82, 2.24) is 14.1 Å². The van der Waals surface area contributed by atoms with Crippen LogP contribution in [-0.4, -0.2) is 72.6 Å². The first-order chi connectivity index (χ1) is 18.0. The van der Waals surface area contributed by atoms with E-state index in [0.717, 1.165) is 17.7 Å². The first kappa shape index (κ1) is 26.7. The average Bonchev–Trinajstić information content (AvgIpc) is 3.66. The van der Waals surface area contributed by atoms with Crippen molar-refractivity contribution >= 4 is 21.8 Å². The number of sulfonamides is 1. The highest BCUT2D eigenvalue weighted by atomic mass is 32.2. The summed E-state index contributed by atoms with van der Waals surface area (Å²) < 4.78 is 67.9. The molecule has 3 fully saturated rings. The van der Waals surface area contributed by atoms with Gasteiger partial charge in [0.2, 0.25) is 21.8 Å². The Hall–Kier alpha value is -2.92. The number of hydrogen-bond acceptors (Lipinski definition) is 4. The third-order valence-electron chi connectivity index (χ3n) is 7.63. The molecule has 3 aliphatic rings. The van der Waals surface area contributed by atoms with E-state index in [1.54, 1.807) is 9.80 Å². The normalized spacial score (nSPS) is 21.4. The standard InChI is InChI=1S/C27H30F3N3O4S/c28-27(29,30)21-7-4-8-24(16-21)38(36,37)33(22-9-10-22)23-11-13-31(14-12-23)26(35)18-32-17-20(15-25(32)34)19-5-2-1-3-6-19/h1-8,16,20,22-23H,9-15,17-18H2. The predicted octanol–water partition coefficient (Wildman–Crippen LogP) is 3.87. The predicted molar refractivity (Wildman–Crippen MR) is 133 cm³/mol. The van der Waals surface area contributed by atoms with Crippen LogP contribution >= 0.6 is 0 Å². The molecule has 0 radical (unpaired) electrons. The first-order valence-electron chi connectivity index (χ1n) is 12.9. The fraction of sp³-hybridized carbons (Fsp3) is 0.481. The molecule has 11 heteroatoms. The number of alkyl halides is 3. The number of rotatable bonds is 7. The molecule has 0 aromatic heterocycles. The number of hydrogen-bond donors (Lipinski definition) is 0. The van der Waals surface area contributed by atoms with E-state index >= 15 is 0 Å². The Morgan fingerprint density at radius 2 is 1.61 bits per heavy atom. The minimum atomic E-state index is -4.64. The molecule has 1 atom stereocenters. The molecule has 0 N–H and O–H groups in total. The first-order valence-corrected chi connectivity index (χ1v) is 14.3. The molecule has 0 spiro atoms. The summed E-state index contributed by atoms with van der Waals surface area (Å²) in [6.07, 6.45) is -2.17. The maximum absolute atomic E-state index is 13.5. The molecular formula is C27H30F3N3O4S. The Balaban J connectivity index is 1.22. The van der Waals surface area contributed by atoms with Crippen molar-refractivity contribution < 1.29 is 31.2 Å². The molecule has 1 aliphatic carbocycles. The summed E-state index contributed by atoms with van der Waals surface area (Å²) >= 11 is 0. The molecule has 2 aliphatic heterocycles. The summed E-state index contributed by atoms with van der Waals surface area (Å²) in [6, 6.07) is 13.0. The van der Waals surface area contributed by atoms with Crippen LogP contribution in [0.1, 0.15) is 49.1 Å². The van der Waals surface area contributed by atoms with E-state index < -0.39 is 27.8 Å². The largest absolute Gasteiger partial charge is 0.416 e. The van der Waals surface area contributed by atoms with Gasteiger partial charge in [0.05, 0.1) is 17.0 Å². The minimum absolute atomic E-state index is 0.0122. The summed E-state index contributed by atoms with van der Waals surface area (Å²) in [6.45, 7) is 1.13. The van der Waals surface area contributed by atoms with E-state index in [1.807, 2.05) is 30.3 Å². The number of nitrogens with zero attached hydrogens (tertiary/aromatic N) is 3. The van der Waals surface area contributed by atoms with Crippen molar-refractivity contribution in [2.24, 2.45) is 0 Å². The van der Waals surface area contributed by atoms with Crippen LogP contribution in [-0.2, 0) is 25.8 Å². The molecule has 2 saturated heterocycles. The van der Waals surface area contributed by atoms with Gasteiger partial charge in [-0.05, 0) is 49.4 Å². The highest BCUT2D eigenvalue weighted by Gasteiger charge is 2.44. The van der Waals surface area contributed by atoms with Gasteiger partial charge < -0.3 is 9.80 Å². The zero-order valence-electron chi connectivity index (χ0n) is 20.8. The summed E-state index contributed by atoms with van der Waals surface area (Å²) in [5.74, 6) is -0.186. The average molecular weight is 550 g/mol. The minimum Gasteiger partial charge on any atom is -0.341 e. The number of likely N-dealkylation sites (tertiary alicyclic amines) is 2. The Morgan fingerprint density at radius 3 is 2.24 bits per heavy atom. The van der Waals surface area contributed by atoms with Crippen molar-refractivity contribution in [3.05, 3.63) is 65.7 Å². The Labute approximate surface area is 220 Å². The van der Waals surface area contributed by atoms with Crippen molar-refractivity contribution in [1.29, 1.82) is 0 Å². The number of carbonyl (C=O) groups is 2. The number of halogens is 3. The van der Waals surface area contributed by atoms with Crippen molar-refractivity contribution in [3.63, 3.8) is 0 Å². The van der Waals surface area contributed by atoms with Gasteiger partial charge in [-0.25, -0.2) is 8.42 Å². The zero-order chi connectivity index (χ0) is 27.1. The van der Waals surface area contributed by atoms with E-state index in [9.17, 15) is 31.2 Å². The van der Waals surface area contributed by atoms with E-state index in [2.05, 4.69) is 0 Å². The summed E-state index contributed by atoms with van der Waals surface area (Å²) in [5, 5.41) is 0. The quantitative estimate of drug-likeness (QED) is 0.526. The topological polar surface area (TPSA) is 78.0 Å². The van der Waals surface area contributed by atoms with Crippen molar-refractivity contribution in [3.8, 4) is 0 Å². The van der Waals surface area contributed by atoms with Gasteiger partial charge in [-0.15, -0.1) is 0 Å². The van der Waals surface area contributed by atoms with E-state index in [1.165, 1.54) is 10.4 Å². The molecule has 1 saturated carbocycles. The number of amides is 2. The van der Waals surface area contributed by atoms with Crippen LogP contribution in [0.2, 0.25) is 0 Å². The smallest absolute Gasteiger partial charge is 0.341 e. The second kappa shape index (κ2) is 10.3. The van der Waals surface area contributed by atoms with Crippen LogP contribution in [0.4, 0.5) is 13.2 Å². The van der Waals surface area contributed by atoms with Crippen LogP contribution in [0.3, 0.4) is 0 Å². The lowest BCUT2D eigenvalue weighted by atomic mass is 9.99. The lowest BCUT2D eigenvalue weighted by Gasteiger charge is -2.38. The molecule has 2 amide bonds. The Bertz CT molecular complexity index is 1290. The van der Waals surface area contributed by atoms with Crippen molar-refractivity contribution in [2.75, 3.05) is 26.2 Å². The highest BCUT2D eigenvalue weighted by molar-refractivity contribution is 7.89. The summed E-state index contributed by atoms with van der Waals surface area (Å²) in [4.78, 5) is 28.4. The lowest BCUT2D eigenvalue weighted by molar-refractivity contribution is -0.139. The van der Waals surface area contributed by atoms with Gasteiger partial charge in [0.25, 0.3) is 0 Å². The van der Waals surface area contributed by atoms with Crippen LogP contribution in [0.5, 0.6) is 0 Å². The zero-order valence-corrected chi connectivity index (χ0v) is 21.6. The van der Waals surface area contributed by atoms with Gasteiger partial charge in [-0.2, -0.15) is 17.5 Å².